The number of ketones is 1. The molecule has 33 heavy (non-hydrogen) atoms. The van der Waals surface area contributed by atoms with Crippen LogP contribution in [0, 0.1) is 10.1 Å². The van der Waals surface area contributed by atoms with Crippen molar-refractivity contribution in [3.8, 4) is 0 Å². The lowest BCUT2D eigenvalue weighted by molar-refractivity contribution is -0.384. The third kappa shape index (κ3) is 3.32. The number of carbonyl (C=O) groups excluding carboxylic acids is 1. The molecule has 9 nitrogen and oxygen atoms in total. The van der Waals surface area contributed by atoms with Crippen molar-refractivity contribution in [2.45, 2.75) is 6.04 Å². The minimum Gasteiger partial charge on any atom is -0.476 e. The van der Waals surface area contributed by atoms with E-state index in [9.17, 15) is 24.8 Å². The summed E-state index contributed by atoms with van der Waals surface area (Å²) in [5, 5.41) is 30.3. The van der Waals surface area contributed by atoms with Gasteiger partial charge in [-0.05, 0) is 23.8 Å². The van der Waals surface area contributed by atoms with Crippen LogP contribution >= 0.6 is 0 Å². The van der Waals surface area contributed by atoms with Crippen molar-refractivity contribution in [1.82, 2.24) is 0 Å². The van der Waals surface area contributed by atoms with Gasteiger partial charge in [-0.3, -0.25) is 14.9 Å². The topological polar surface area (TPSA) is 125 Å². The summed E-state index contributed by atoms with van der Waals surface area (Å²) in [4.78, 5) is 36.6. The van der Waals surface area contributed by atoms with Crippen molar-refractivity contribution in [3.63, 3.8) is 0 Å². The molecule has 9 heteroatoms. The SMILES string of the molecule is O=C(O)C1=C(c2ccccc2)C2Nc3ccccc3C(=O)C2=NN1c1cccc([N+](=O)[O-])c1. The molecule has 2 aliphatic heterocycles. The van der Waals surface area contributed by atoms with Crippen molar-refractivity contribution >= 4 is 40.1 Å². The van der Waals surface area contributed by atoms with Gasteiger partial charge in [0.05, 0.1) is 10.6 Å². The number of nitro groups is 1. The highest BCUT2D eigenvalue weighted by Gasteiger charge is 2.42. The van der Waals surface area contributed by atoms with E-state index in [0.29, 0.717) is 22.4 Å². The Bertz CT molecular complexity index is 1380. The predicted octanol–water partition coefficient (Wildman–Crippen LogP) is 3.94. The van der Waals surface area contributed by atoms with Crippen LogP contribution in [0.5, 0.6) is 0 Å². The van der Waals surface area contributed by atoms with Gasteiger partial charge in [0, 0.05) is 29.0 Å². The van der Waals surface area contributed by atoms with E-state index in [4.69, 9.17) is 0 Å². The number of fused-ring (bicyclic) bond motifs is 2. The Morgan fingerprint density at radius 1 is 1.03 bits per heavy atom. The summed E-state index contributed by atoms with van der Waals surface area (Å²) < 4.78 is 0. The lowest BCUT2D eigenvalue weighted by Gasteiger charge is -2.37. The van der Waals surface area contributed by atoms with Crippen LogP contribution < -0.4 is 10.3 Å². The maximum absolute atomic E-state index is 13.4. The minimum atomic E-state index is -1.28. The molecule has 162 valence electrons. The summed E-state index contributed by atoms with van der Waals surface area (Å²) in [6.45, 7) is 0. The third-order valence-corrected chi connectivity index (χ3v) is 5.51. The lowest BCUT2D eigenvalue weighted by atomic mass is 9.85. The molecule has 0 aliphatic carbocycles. The Morgan fingerprint density at radius 2 is 1.76 bits per heavy atom. The van der Waals surface area contributed by atoms with E-state index in [-0.39, 0.29) is 28.6 Å². The monoisotopic (exact) mass is 440 g/mol. The molecule has 0 fully saturated rings. The van der Waals surface area contributed by atoms with E-state index in [1.807, 2.05) is 0 Å². The van der Waals surface area contributed by atoms with Crippen LogP contribution in [0.3, 0.4) is 0 Å². The molecule has 0 saturated carbocycles. The van der Waals surface area contributed by atoms with Gasteiger partial charge in [-0.25, -0.2) is 9.80 Å². The number of non-ortho nitro benzene ring substituents is 1. The van der Waals surface area contributed by atoms with Crippen molar-refractivity contribution in [3.05, 3.63) is 106 Å². The number of carboxylic acids is 1. The Labute approximate surface area is 187 Å². The van der Waals surface area contributed by atoms with Gasteiger partial charge in [0.25, 0.3) is 5.69 Å². The Kier molecular flexibility index (Phi) is 4.71. The molecule has 2 aliphatic rings. The van der Waals surface area contributed by atoms with Crippen LogP contribution in [-0.4, -0.2) is 33.5 Å². The molecule has 0 bridgehead atoms. The largest absolute Gasteiger partial charge is 0.476 e. The fourth-order valence-corrected chi connectivity index (χ4v) is 4.07. The van der Waals surface area contributed by atoms with E-state index in [1.165, 1.54) is 24.3 Å². The van der Waals surface area contributed by atoms with Gasteiger partial charge in [0.2, 0.25) is 5.78 Å². The smallest absolute Gasteiger partial charge is 0.354 e. The van der Waals surface area contributed by atoms with Gasteiger partial charge in [0.15, 0.2) is 5.70 Å². The fourth-order valence-electron chi connectivity index (χ4n) is 4.07. The summed E-state index contributed by atoms with van der Waals surface area (Å²) in [6, 6.07) is 20.4. The number of aliphatic carboxylic acids is 1. The second-order valence-electron chi connectivity index (χ2n) is 7.46. The predicted molar refractivity (Wildman–Crippen MR) is 122 cm³/mol. The van der Waals surface area contributed by atoms with E-state index in [1.54, 1.807) is 54.6 Å². The molecular weight excluding hydrogens is 424 g/mol. The van der Waals surface area contributed by atoms with Crippen molar-refractivity contribution in [2.24, 2.45) is 5.10 Å². The highest BCUT2D eigenvalue weighted by Crippen LogP contribution is 2.39. The number of carbonyl (C=O) groups is 2. The second-order valence-corrected chi connectivity index (χ2v) is 7.46. The molecule has 2 heterocycles. The van der Waals surface area contributed by atoms with Gasteiger partial charge in [-0.1, -0.05) is 48.5 Å². The van der Waals surface area contributed by atoms with Crippen LogP contribution in [0.15, 0.2) is 89.7 Å². The van der Waals surface area contributed by atoms with Crippen molar-refractivity contribution in [1.29, 1.82) is 0 Å². The minimum absolute atomic E-state index is 0.101. The number of hydrogen-bond acceptors (Lipinski definition) is 7. The fraction of sp³-hybridized carbons (Fsp3) is 0.0417. The second kappa shape index (κ2) is 7.72. The molecular formula is C24H16N4O5. The van der Waals surface area contributed by atoms with E-state index in [0.717, 1.165) is 5.01 Å². The first kappa shape index (κ1) is 20.1. The number of anilines is 2. The van der Waals surface area contributed by atoms with Gasteiger partial charge in [-0.2, -0.15) is 5.10 Å². The number of rotatable bonds is 4. The van der Waals surface area contributed by atoms with Gasteiger partial charge >= 0.3 is 5.97 Å². The van der Waals surface area contributed by atoms with Gasteiger partial charge in [0.1, 0.15) is 11.8 Å². The molecule has 0 radical (unpaired) electrons. The standard InChI is InChI=1S/C24H16N4O5/c29-23-17-11-4-5-12-18(17)25-20-19(14-7-2-1-3-8-14)22(24(30)31)27(26-21(20)23)15-9-6-10-16(13-15)28(32)33/h1-13,20,25H,(H,30,31). The van der Waals surface area contributed by atoms with E-state index in [2.05, 4.69) is 10.4 Å². The number of Topliss-reactive ketones (excluding diaryl/α,β-unsaturated/α-hetero) is 1. The molecule has 3 aromatic carbocycles. The number of hydrazone groups is 1. The number of hydrogen-bond donors (Lipinski definition) is 2. The molecule has 0 saturated heterocycles. The number of nitrogens with one attached hydrogen (secondary N) is 1. The highest BCUT2D eigenvalue weighted by atomic mass is 16.6. The summed E-state index contributed by atoms with van der Waals surface area (Å²) in [7, 11) is 0. The van der Waals surface area contributed by atoms with Crippen LogP contribution in [-0.2, 0) is 4.79 Å². The van der Waals surface area contributed by atoms with Crippen LogP contribution in [0.1, 0.15) is 15.9 Å². The maximum atomic E-state index is 13.4. The third-order valence-electron chi connectivity index (χ3n) is 5.51. The summed E-state index contributed by atoms with van der Waals surface area (Å²) in [5.74, 6) is -1.63. The number of nitrogens with zero attached hydrogens (tertiary/aromatic N) is 3. The highest BCUT2D eigenvalue weighted by molar-refractivity contribution is 6.53. The first-order chi connectivity index (χ1) is 16.0. The zero-order chi connectivity index (χ0) is 23.1. The van der Waals surface area contributed by atoms with Crippen molar-refractivity contribution < 1.29 is 19.6 Å². The van der Waals surface area contributed by atoms with Gasteiger partial charge in [-0.15, -0.1) is 0 Å². The average molecular weight is 440 g/mol. The molecule has 0 spiro atoms. The molecule has 3 aromatic rings. The summed E-state index contributed by atoms with van der Waals surface area (Å²) in [5.41, 5.74) is 1.75. The van der Waals surface area contributed by atoms with Crippen LogP contribution in [0.2, 0.25) is 0 Å². The molecule has 0 aromatic heterocycles. The van der Waals surface area contributed by atoms with E-state index >= 15 is 0 Å². The zero-order valence-corrected chi connectivity index (χ0v) is 17.0. The van der Waals surface area contributed by atoms with Crippen LogP contribution in [0.4, 0.5) is 17.1 Å². The molecule has 1 unspecified atom stereocenters. The Balaban J connectivity index is 1.79. The number of benzene rings is 3. The molecule has 5 rings (SSSR count). The summed E-state index contributed by atoms with van der Waals surface area (Å²) >= 11 is 0. The molecule has 1 atom stereocenters. The zero-order valence-electron chi connectivity index (χ0n) is 17.0. The van der Waals surface area contributed by atoms with Gasteiger partial charge < -0.3 is 10.4 Å². The van der Waals surface area contributed by atoms with Crippen molar-refractivity contribution in [2.75, 3.05) is 10.3 Å². The van der Waals surface area contributed by atoms with E-state index < -0.39 is 16.9 Å². The van der Waals surface area contributed by atoms with Crippen LogP contribution in [0.25, 0.3) is 5.57 Å². The Hall–Kier alpha value is -4.79. The number of para-hydroxylation sites is 1. The molecule has 0 amide bonds. The number of carboxylic acid groups (broad SMARTS) is 1. The first-order valence-corrected chi connectivity index (χ1v) is 10.0. The normalized spacial score (nSPS) is 17.0. The number of nitro benzene ring substituents is 1. The Morgan fingerprint density at radius 3 is 2.48 bits per heavy atom. The first-order valence-electron chi connectivity index (χ1n) is 10.0. The summed E-state index contributed by atoms with van der Waals surface area (Å²) in [6.07, 6.45) is 0. The lowest BCUT2D eigenvalue weighted by Crippen LogP contribution is -2.47. The average Bonchev–Trinajstić information content (AvgIpc) is 2.83. The maximum Gasteiger partial charge on any atom is 0.354 e. The quantitative estimate of drug-likeness (QED) is 0.465. The molecule has 2 N–H and O–H groups in total.